The number of hydrogen-bond donors (Lipinski definition) is 1. The van der Waals surface area contributed by atoms with Crippen molar-refractivity contribution in [2.24, 2.45) is 0 Å². The molecule has 0 aliphatic heterocycles. The lowest BCUT2D eigenvalue weighted by Gasteiger charge is -2.08. The molecule has 0 aliphatic carbocycles. The zero-order valence-electron chi connectivity index (χ0n) is 5.48. The molecule has 60 valence electrons. The van der Waals surface area contributed by atoms with Crippen molar-refractivity contribution in [1.29, 1.82) is 0 Å². The summed E-state index contributed by atoms with van der Waals surface area (Å²) in [5.41, 5.74) is -2.51. The Kier molecular flexibility index (Phi) is 3.41. The highest BCUT2D eigenvalue weighted by molar-refractivity contribution is 8.79. The molecule has 1 unspecified atom stereocenters. The lowest BCUT2D eigenvalue weighted by Crippen LogP contribution is -1.98. The van der Waals surface area contributed by atoms with E-state index in [1.165, 1.54) is 0 Å². The zero-order chi connectivity index (χ0) is 8.32. The second kappa shape index (κ2) is 3.92. The van der Waals surface area contributed by atoms with Gasteiger partial charge in [0, 0.05) is 15.9 Å². The van der Waals surface area contributed by atoms with Gasteiger partial charge in [0.25, 0.3) is 0 Å². The third-order valence-corrected chi connectivity index (χ3v) is 7.34. The minimum atomic E-state index is -2.51. The molecule has 11 heavy (non-hydrogen) atoms. The summed E-state index contributed by atoms with van der Waals surface area (Å²) in [5, 5.41) is 0.745. The van der Waals surface area contributed by atoms with E-state index in [-0.39, 0.29) is 0 Å². The van der Waals surface area contributed by atoms with Gasteiger partial charge < -0.3 is 4.89 Å². The number of hydrogen-bond acceptors (Lipinski definition) is 2. The standard InChI is InChI=1S/C6H6ClOPS2/c7-11-9(8,10)6-4-2-1-3-5-6/h1-5H,(H,8,10). The van der Waals surface area contributed by atoms with Crippen LogP contribution in [0.1, 0.15) is 0 Å². The van der Waals surface area contributed by atoms with Crippen molar-refractivity contribution in [3.63, 3.8) is 0 Å². The van der Waals surface area contributed by atoms with Gasteiger partial charge in [-0.05, 0) is 22.5 Å². The van der Waals surface area contributed by atoms with Crippen molar-refractivity contribution in [1.82, 2.24) is 0 Å². The van der Waals surface area contributed by atoms with Gasteiger partial charge in [-0.1, -0.05) is 30.3 Å². The SMILES string of the molecule is OP(=S)(SCl)c1ccccc1. The van der Waals surface area contributed by atoms with Crippen molar-refractivity contribution in [2.45, 2.75) is 0 Å². The maximum absolute atomic E-state index is 9.55. The molecular weight excluding hydrogens is 219 g/mol. The van der Waals surface area contributed by atoms with Gasteiger partial charge in [-0.2, -0.15) is 0 Å². The van der Waals surface area contributed by atoms with Crippen LogP contribution >= 0.6 is 26.7 Å². The van der Waals surface area contributed by atoms with Gasteiger partial charge in [-0.15, -0.1) is 0 Å². The van der Waals surface area contributed by atoms with E-state index in [1.54, 1.807) is 12.1 Å². The molecule has 1 aromatic carbocycles. The molecule has 0 radical (unpaired) electrons. The van der Waals surface area contributed by atoms with E-state index in [2.05, 4.69) is 0 Å². The fraction of sp³-hybridized carbons (Fsp3) is 0. The zero-order valence-corrected chi connectivity index (χ0v) is 8.76. The first-order valence-electron chi connectivity index (χ1n) is 2.85. The Morgan fingerprint density at radius 1 is 1.36 bits per heavy atom. The van der Waals surface area contributed by atoms with Crippen LogP contribution < -0.4 is 5.30 Å². The average Bonchev–Trinajstić information content (AvgIpc) is 2.06. The normalized spacial score (nSPS) is 15.8. The third-order valence-electron chi connectivity index (χ3n) is 1.18. The summed E-state index contributed by atoms with van der Waals surface area (Å²) in [6.07, 6.45) is 0. The van der Waals surface area contributed by atoms with E-state index in [0.29, 0.717) is 0 Å². The van der Waals surface area contributed by atoms with Gasteiger partial charge in [0.1, 0.15) is 0 Å². The lowest BCUT2D eigenvalue weighted by atomic mass is 10.4. The predicted molar refractivity (Wildman–Crippen MR) is 56.0 cm³/mol. The van der Waals surface area contributed by atoms with Crippen LogP contribution in [0.2, 0.25) is 0 Å². The smallest absolute Gasteiger partial charge is 0.161 e. The van der Waals surface area contributed by atoms with Crippen molar-refractivity contribution < 1.29 is 4.89 Å². The van der Waals surface area contributed by atoms with Crippen molar-refractivity contribution >= 4 is 43.9 Å². The quantitative estimate of drug-likeness (QED) is 0.780. The second-order valence-corrected chi connectivity index (χ2v) is 9.14. The summed E-state index contributed by atoms with van der Waals surface area (Å²) in [4.78, 5) is 9.55. The van der Waals surface area contributed by atoms with Crippen molar-refractivity contribution in [3.8, 4) is 0 Å². The summed E-state index contributed by atoms with van der Waals surface area (Å²) in [7, 11) is 6.27. The second-order valence-electron chi connectivity index (χ2n) is 1.92. The molecule has 1 N–H and O–H groups in total. The molecule has 0 bridgehead atoms. The van der Waals surface area contributed by atoms with Crippen LogP contribution in [0.15, 0.2) is 30.3 Å². The van der Waals surface area contributed by atoms with Gasteiger partial charge in [-0.25, -0.2) is 0 Å². The molecule has 0 heterocycles. The lowest BCUT2D eigenvalue weighted by molar-refractivity contribution is 0.648. The highest BCUT2D eigenvalue weighted by Crippen LogP contribution is 2.55. The van der Waals surface area contributed by atoms with Gasteiger partial charge in [0.15, 0.2) is 5.47 Å². The van der Waals surface area contributed by atoms with E-state index in [1.807, 2.05) is 18.2 Å². The summed E-state index contributed by atoms with van der Waals surface area (Å²) in [6, 6.07) is 9.11. The Morgan fingerprint density at radius 2 is 1.91 bits per heavy atom. The fourth-order valence-electron chi connectivity index (χ4n) is 0.656. The number of halogens is 1. The molecular formula is C6H6ClOPS2. The average molecular weight is 225 g/mol. The van der Waals surface area contributed by atoms with E-state index >= 15 is 0 Å². The molecule has 0 fully saturated rings. The summed E-state index contributed by atoms with van der Waals surface area (Å²) >= 11 is 4.91. The first-order chi connectivity index (χ1) is 5.17. The monoisotopic (exact) mass is 224 g/mol. The minimum absolute atomic E-state index is 0.745. The van der Waals surface area contributed by atoms with Gasteiger partial charge in [-0.3, -0.25) is 0 Å². The van der Waals surface area contributed by atoms with Crippen LogP contribution in [-0.4, -0.2) is 4.89 Å². The molecule has 0 aliphatic rings. The van der Waals surface area contributed by atoms with E-state index < -0.39 is 5.47 Å². The Bertz CT molecular complexity index is 277. The van der Waals surface area contributed by atoms with Crippen LogP contribution in [0.4, 0.5) is 0 Å². The highest BCUT2D eigenvalue weighted by atomic mass is 35.7. The molecule has 5 heteroatoms. The maximum atomic E-state index is 9.55. The summed E-state index contributed by atoms with van der Waals surface area (Å²) < 4.78 is 0. The van der Waals surface area contributed by atoms with Crippen LogP contribution in [0, 0.1) is 0 Å². The van der Waals surface area contributed by atoms with Crippen LogP contribution in [0.25, 0.3) is 0 Å². The molecule has 0 saturated heterocycles. The van der Waals surface area contributed by atoms with E-state index in [0.717, 1.165) is 15.9 Å². The van der Waals surface area contributed by atoms with Crippen LogP contribution in [0.3, 0.4) is 0 Å². The van der Waals surface area contributed by atoms with Gasteiger partial charge >= 0.3 is 0 Å². The number of rotatable bonds is 2. The van der Waals surface area contributed by atoms with Crippen LogP contribution in [-0.2, 0) is 11.8 Å². The molecule has 1 aromatic rings. The highest BCUT2D eigenvalue weighted by Gasteiger charge is 2.14. The third kappa shape index (κ3) is 2.46. The molecule has 0 spiro atoms. The fourth-order valence-corrected chi connectivity index (χ4v) is 2.97. The van der Waals surface area contributed by atoms with E-state index in [4.69, 9.17) is 22.5 Å². The predicted octanol–water partition coefficient (Wildman–Crippen LogP) is 2.50. The number of benzene rings is 1. The Balaban J connectivity index is 3.03. The van der Waals surface area contributed by atoms with Crippen LogP contribution in [0.5, 0.6) is 0 Å². The Hall–Kier alpha value is 0.470. The van der Waals surface area contributed by atoms with Gasteiger partial charge in [0.2, 0.25) is 0 Å². The Labute approximate surface area is 79.1 Å². The molecule has 0 amide bonds. The van der Waals surface area contributed by atoms with Gasteiger partial charge in [0.05, 0.1) is 0 Å². The molecule has 0 saturated carbocycles. The first kappa shape index (κ1) is 9.56. The van der Waals surface area contributed by atoms with E-state index in [9.17, 15) is 4.89 Å². The first-order valence-corrected chi connectivity index (χ1v) is 7.86. The molecule has 1 rings (SSSR count). The van der Waals surface area contributed by atoms with Crippen molar-refractivity contribution in [2.75, 3.05) is 0 Å². The molecule has 1 atom stereocenters. The maximum Gasteiger partial charge on any atom is 0.161 e. The van der Waals surface area contributed by atoms with Crippen molar-refractivity contribution in [3.05, 3.63) is 30.3 Å². The topological polar surface area (TPSA) is 20.2 Å². The molecule has 1 nitrogen and oxygen atoms in total. The summed E-state index contributed by atoms with van der Waals surface area (Å²) in [5.74, 6) is 0. The summed E-state index contributed by atoms with van der Waals surface area (Å²) in [6.45, 7) is 0. The molecule has 0 aromatic heterocycles. The minimum Gasteiger partial charge on any atom is -0.353 e. The largest absolute Gasteiger partial charge is 0.353 e. The Morgan fingerprint density at radius 3 is 2.36 bits per heavy atom.